The fourth-order valence-corrected chi connectivity index (χ4v) is 1.53. The van der Waals surface area contributed by atoms with E-state index < -0.39 is 6.04 Å². The molecule has 0 aliphatic carbocycles. The Morgan fingerprint density at radius 3 is 2.37 bits per heavy atom. The van der Waals surface area contributed by atoms with E-state index >= 15 is 0 Å². The highest BCUT2D eigenvalue weighted by Gasteiger charge is 2.13. The lowest BCUT2D eigenvalue weighted by atomic mass is 10.1. The number of hydrogen-bond donors (Lipinski definition) is 4. The normalized spacial score (nSPS) is 11.7. The van der Waals surface area contributed by atoms with Crippen molar-refractivity contribution in [1.82, 2.24) is 10.6 Å². The number of rotatable bonds is 6. The number of carbonyl (C=O) groups is 2. The third-order valence-electron chi connectivity index (χ3n) is 2.53. The van der Waals surface area contributed by atoms with Crippen LogP contribution < -0.4 is 16.4 Å². The first-order chi connectivity index (χ1) is 8.99. The first-order valence-corrected chi connectivity index (χ1v) is 6.04. The molecule has 0 spiro atoms. The van der Waals surface area contributed by atoms with Gasteiger partial charge in [0.15, 0.2) is 0 Å². The molecule has 0 unspecified atom stereocenters. The molecule has 0 aromatic heterocycles. The first kappa shape index (κ1) is 15.0. The fourth-order valence-electron chi connectivity index (χ4n) is 1.53. The average Bonchev–Trinajstić information content (AvgIpc) is 2.36. The summed E-state index contributed by atoms with van der Waals surface area (Å²) in [5, 5.41) is 14.4. The van der Waals surface area contributed by atoms with Crippen molar-refractivity contribution in [3.8, 4) is 5.75 Å². The largest absolute Gasteiger partial charge is 0.508 e. The van der Waals surface area contributed by atoms with E-state index in [-0.39, 0.29) is 17.6 Å². The molecule has 0 aliphatic rings. The van der Waals surface area contributed by atoms with Crippen LogP contribution in [0.3, 0.4) is 0 Å². The van der Waals surface area contributed by atoms with Gasteiger partial charge in [0, 0.05) is 20.0 Å². The second kappa shape index (κ2) is 7.38. The van der Waals surface area contributed by atoms with Crippen molar-refractivity contribution in [2.24, 2.45) is 5.73 Å². The molecule has 1 aromatic rings. The van der Waals surface area contributed by atoms with Crippen LogP contribution in [0.25, 0.3) is 0 Å². The summed E-state index contributed by atoms with van der Waals surface area (Å²) in [6.07, 6.45) is 0.395. The summed E-state index contributed by atoms with van der Waals surface area (Å²) in [6.45, 7) is 2.15. The molecule has 19 heavy (non-hydrogen) atoms. The molecule has 0 heterocycles. The van der Waals surface area contributed by atoms with Crippen LogP contribution in [-0.2, 0) is 16.0 Å². The molecule has 0 saturated carbocycles. The van der Waals surface area contributed by atoms with Crippen LogP contribution in [0.1, 0.15) is 12.5 Å². The third-order valence-corrected chi connectivity index (χ3v) is 2.53. The topological polar surface area (TPSA) is 104 Å². The highest BCUT2D eigenvalue weighted by atomic mass is 16.3. The molecule has 0 radical (unpaired) electrons. The highest BCUT2D eigenvalue weighted by Crippen LogP contribution is 2.10. The smallest absolute Gasteiger partial charge is 0.237 e. The number of carbonyl (C=O) groups excluding carboxylic acids is 2. The molecular formula is C13H19N3O3. The Kier molecular flexibility index (Phi) is 5.81. The number of nitrogens with two attached hydrogens (primary N) is 1. The van der Waals surface area contributed by atoms with Crippen LogP contribution in [0.15, 0.2) is 24.3 Å². The second-order valence-electron chi connectivity index (χ2n) is 4.25. The number of hydrogen-bond acceptors (Lipinski definition) is 4. The maximum atomic E-state index is 11.7. The summed E-state index contributed by atoms with van der Waals surface area (Å²) < 4.78 is 0. The molecule has 6 nitrogen and oxygen atoms in total. The summed E-state index contributed by atoms with van der Waals surface area (Å²) in [6, 6.07) is 5.90. The molecule has 1 atom stereocenters. The molecule has 0 saturated heterocycles. The molecule has 1 aromatic carbocycles. The van der Waals surface area contributed by atoms with Gasteiger partial charge in [0.25, 0.3) is 0 Å². The van der Waals surface area contributed by atoms with Gasteiger partial charge in [-0.25, -0.2) is 0 Å². The summed E-state index contributed by atoms with van der Waals surface area (Å²) >= 11 is 0. The van der Waals surface area contributed by atoms with Crippen molar-refractivity contribution in [1.29, 1.82) is 0 Å². The lowest BCUT2D eigenvalue weighted by Crippen LogP contribution is -2.44. The zero-order chi connectivity index (χ0) is 14.3. The van der Waals surface area contributed by atoms with Gasteiger partial charge in [-0.3, -0.25) is 9.59 Å². The lowest BCUT2D eigenvalue weighted by molar-refractivity contribution is -0.123. The molecule has 0 bridgehead atoms. The Morgan fingerprint density at radius 1 is 1.21 bits per heavy atom. The average molecular weight is 265 g/mol. The van der Waals surface area contributed by atoms with Gasteiger partial charge in [0.05, 0.1) is 6.04 Å². The van der Waals surface area contributed by atoms with Crippen LogP contribution in [0, 0.1) is 0 Å². The van der Waals surface area contributed by atoms with E-state index in [4.69, 9.17) is 10.8 Å². The highest BCUT2D eigenvalue weighted by molar-refractivity contribution is 5.81. The molecule has 1 rings (SSSR count). The van der Waals surface area contributed by atoms with E-state index in [1.807, 2.05) is 0 Å². The number of phenols is 1. The summed E-state index contributed by atoms with van der Waals surface area (Å²) in [4.78, 5) is 22.3. The van der Waals surface area contributed by atoms with Gasteiger partial charge in [0.1, 0.15) is 5.75 Å². The molecule has 0 fully saturated rings. The van der Waals surface area contributed by atoms with E-state index in [1.54, 1.807) is 24.3 Å². The monoisotopic (exact) mass is 265 g/mol. The number of nitrogens with one attached hydrogen (secondary N) is 2. The maximum absolute atomic E-state index is 11.7. The van der Waals surface area contributed by atoms with Crippen molar-refractivity contribution in [2.75, 3.05) is 13.1 Å². The third kappa shape index (κ3) is 5.87. The molecule has 6 heteroatoms. The van der Waals surface area contributed by atoms with E-state index in [0.29, 0.717) is 19.5 Å². The summed E-state index contributed by atoms with van der Waals surface area (Å²) in [7, 11) is 0. The van der Waals surface area contributed by atoms with Gasteiger partial charge < -0.3 is 21.5 Å². The molecule has 104 valence electrons. The minimum absolute atomic E-state index is 0.136. The predicted molar refractivity (Wildman–Crippen MR) is 71.5 cm³/mol. The van der Waals surface area contributed by atoms with Gasteiger partial charge in [-0.1, -0.05) is 12.1 Å². The van der Waals surface area contributed by atoms with Gasteiger partial charge in [-0.05, 0) is 24.1 Å². The Hall–Kier alpha value is -2.08. The van der Waals surface area contributed by atoms with Crippen LogP contribution in [0.4, 0.5) is 0 Å². The standard InChI is InChI=1S/C13H19N3O3/c1-9(17)15-6-7-16-13(19)12(14)8-10-2-4-11(18)5-3-10/h2-5,12,18H,6-8,14H2,1H3,(H,15,17)(H,16,19)/t12-/m1/s1. The fraction of sp³-hybridized carbons (Fsp3) is 0.385. The summed E-state index contributed by atoms with van der Waals surface area (Å²) in [5.41, 5.74) is 6.64. The van der Waals surface area contributed by atoms with Crippen molar-refractivity contribution in [3.05, 3.63) is 29.8 Å². The van der Waals surface area contributed by atoms with Crippen LogP contribution >= 0.6 is 0 Å². The van der Waals surface area contributed by atoms with E-state index in [9.17, 15) is 9.59 Å². The quantitative estimate of drug-likeness (QED) is 0.521. The van der Waals surface area contributed by atoms with Crippen molar-refractivity contribution < 1.29 is 14.7 Å². The van der Waals surface area contributed by atoms with E-state index in [2.05, 4.69) is 10.6 Å². The minimum atomic E-state index is -0.651. The number of aromatic hydroxyl groups is 1. The van der Waals surface area contributed by atoms with Crippen LogP contribution in [0.5, 0.6) is 5.75 Å². The van der Waals surface area contributed by atoms with Gasteiger partial charge in [-0.2, -0.15) is 0 Å². The van der Waals surface area contributed by atoms with Crippen LogP contribution in [0.2, 0.25) is 0 Å². The zero-order valence-corrected chi connectivity index (χ0v) is 10.8. The Bertz CT molecular complexity index is 431. The van der Waals surface area contributed by atoms with E-state index in [1.165, 1.54) is 6.92 Å². The molecule has 5 N–H and O–H groups in total. The number of benzene rings is 1. The molecule has 2 amide bonds. The second-order valence-corrected chi connectivity index (χ2v) is 4.25. The van der Waals surface area contributed by atoms with Gasteiger partial charge in [-0.15, -0.1) is 0 Å². The Balaban J connectivity index is 2.32. The lowest BCUT2D eigenvalue weighted by Gasteiger charge is -2.12. The molecule has 0 aliphatic heterocycles. The number of phenolic OH excluding ortho intramolecular Hbond substituents is 1. The molecular weight excluding hydrogens is 246 g/mol. The number of amides is 2. The Labute approximate surface area is 112 Å². The SMILES string of the molecule is CC(=O)NCCNC(=O)[C@H](N)Cc1ccc(O)cc1. The first-order valence-electron chi connectivity index (χ1n) is 6.04. The van der Waals surface area contributed by atoms with Gasteiger partial charge >= 0.3 is 0 Å². The van der Waals surface area contributed by atoms with Crippen molar-refractivity contribution >= 4 is 11.8 Å². The predicted octanol–water partition coefficient (Wildman–Crippen LogP) is -0.486. The zero-order valence-electron chi connectivity index (χ0n) is 10.8. The van der Waals surface area contributed by atoms with Gasteiger partial charge in [0.2, 0.25) is 11.8 Å². The maximum Gasteiger partial charge on any atom is 0.237 e. The van der Waals surface area contributed by atoms with Crippen molar-refractivity contribution in [2.45, 2.75) is 19.4 Å². The minimum Gasteiger partial charge on any atom is -0.508 e. The van der Waals surface area contributed by atoms with Crippen LogP contribution in [-0.4, -0.2) is 36.1 Å². The van der Waals surface area contributed by atoms with E-state index in [0.717, 1.165) is 5.56 Å². The summed E-state index contributed by atoms with van der Waals surface area (Å²) in [5.74, 6) is -0.224. The van der Waals surface area contributed by atoms with Crippen molar-refractivity contribution in [3.63, 3.8) is 0 Å². The Morgan fingerprint density at radius 2 is 1.79 bits per heavy atom.